The molecule has 0 radical (unpaired) electrons. The lowest BCUT2D eigenvalue weighted by Gasteiger charge is -2.15. The van der Waals surface area contributed by atoms with Gasteiger partial charge in [-0.1, -0.05) is 22.9 Å². The molecule has 2 rings (SSSR count). The second kappa shape index (κ2) is 5.86. The fraction of sp³-hybridized carbons (Fsp3) is 0.636. The molecule has 1 aliphatic carbocycles. The maximum atomic E-state index is 10.8. The first-order chi connectivity index (χ1) is 8.58. The monoisotopic (exact) mass is 290 g/mol. The number of rotatable bonds is 7. The number of ether oxygens (including phenoxy) is 1. The summed E-state index contributed by atoms with van der Waals surface area (Å²) in [5.74, 6) is -0.287. The second-order valence-corrected chi connectivity index (χ2v) is 5.70. The van der Waals surface area contributed by atoms with Gasteiger partial charge in [-0.15, -0.1) is 0 Å². The maximum Gasteiger partial charge on any atom is 0.349 e. The smallest absolute Gasteiger partial charge is 0.349 e. The molecule has 5 nitrogen and oxygen atoms in total. The molecule has 1 saturated carbocycles. The highest BCUT2D eigenvalue weighted by molar-refractivity contribution is 7.18. The quantitative estimate of drug-likeness (QED) is 0.781. The molecule has 1 heterocycles. The Labute approximate surface area is 114 Å². The van der Waals surface area contributed by atoms with E-state index in [1.54, 1.807) is 0 Å². The van der Waals surface area contributed by atoms with Crippen molar-refractivity contribution >= 4 is 34.0 Å². The summed E-state index contributed by atoms with van der Waals surface area (Å²) in [5, 5.41) is 9.54. The van der Waals surface area contributed by atoms with E-state index >= 15 is 0 Å². The molecule has 1 N–H and O–H groups in total. The van der Waals surface area contributed by atoms with Gasteiger partial charge in [0.15, 0.2) is 15.2 Å². The van der Waals surface area contributed by atoms with Crippen molar-refractivity contribution in [1.29, 1.82) is 0 Å². The van der Waals surface area contributed by atoms with E-state index in [0.29, 0.717) is 18.3 Å². The number of likely N-dealkylation sites (N-methyl/N-ethyl adjacent to an activating group) is 1. The van der Waals surface area contributed by atoms with Gasteiger partial charge in [0, 0.05) is 20.2 Å². The zero-order valence-electron chi connectivity index (χ0n) is 10.1. The summed E-state index contributed by atoms with van der Waals surface area (Å²) in [5.41, 5.74) is 0. The highest BCUT2D eigenvalue weighted by Crippen LogP contribution is 2.30. The predicted octanol–water partition coefficient (Wildman–Crippen LogP) is 2.36. The number of carboxylic acid groups (broad SMARTS) is 1. The average Bonchev–Trinajstić information content (AvgIpc) is 3.05. The molecule has 1 aliphatic rings. The van der Waals surface area contributed by atoms with Crippen LogP contribution in [0.3, 0.4) is 0 Å². The van der Waals surface area contributed by atoms with Crippen LogP contribution in [-0.2, 0) is 4.74 Å². The lowest BCUT2D eigenvalue weighted by Crippen LogP contribution is -2.22. The summed E-state index contributed by atoms with van der Waals surface area (Å²) in [6, 6.07) is 0. The third kappa shape index (κ3) is 3.57. The van der Waals surface area contributed by atoms with Crippen molar-refractivity contribution in [2.24, 2.45) is 5.92 Å². The van der Waals surface area contributed by atoms with E-state index in [9.17, 15) is 4.79 Å². The molecule has 0 unspecified atom stereocenters. The molecular weight excluding hydrogens is 276 g/mol. The molecule has 1 aromatic heterocycles. The van der Waals surface area contributed by atoms with Crippen LogP contribution in [0.4, 0.5) is 5.13 Å². The number of aromatic nitrogens is 1. The highest BCUT2D eigenvalue weighted by Gasteiger charge is 2.21. The Bertz CT molecular complexity index is 434. The molecule has 100 valence electrons. The minimum absolute atomic E-state index is 0.0493. The van der Waals surface area contributed by atoms with E-state index in [2.05, 4.69) is 4.98 Å². The van der Waals surface area contributed by atoms with E-state index < -0.39 is 5.97 Å². The molecular formula is C11H15ClN2O3S. The first kappa shape index (κ1) is 13.6. The topological polar surface area (TPSA) is 62.7 Å². The van der Waals surface area contributed by atoms with E-state index in [4.69, 9.17) is 21.4 Å². The van der Waals surface area contributed by atoms with E-state index in [0.717, 1.165) is 23.9 Å². The van der Waals surface area contributed by atoms with Crippen LogP contribution in [0.2, 0.25) is 5.15 Å². The van der Waals surface area contributed by atoms with Gasteiger partial charge in [0.25, 0.3) is 0 Å². The van der Waals surface area contributed by atoms with E-state index in [1.165, 1.54) is 12.8 Å². The zero-order chi connectivity index (χ0) is 13.1. The molecule has 0 amide bonds. The van der Waals surface area contributed by atoms with Gasteiger partial charge in [-0.3, -0.25) is 0 Å². The first-order valence-corrected chi connectivity index (χ1v) is 6.96. The van der Waals surface area contributed by atoms with Crippen molar-refractivity contribution in [2.75, 3.05) is 31.7 Å². The van der Waals surface area contributed by atoms with Crippen LogP contribution < -0.4 is 4.90 Å². The number of halogens is 1. The Morgan fingerprint density at radius 2 is 2.39 bits per heavy atom. The maximum absolute atomic E-state index is 10.8. The molecule has 1 fully saturated rings. The van der Waals surface area contributed by atoms with E-state index in [-0.39, 0.29) is 10.0 Å². The molecule has 0 atom stereocenters. The molecule has 7 heteroatoms. The van der Waals surface area contributed by atoms with Gasteiger partial charge in [0.2, 0.25) is 0 Å². The molecule has 0 spiro atoms. The van der Waals surface area contributed by atoms with Crippen molar-refractivity contribution in [2.45, 2.75) is 12.8 Å². The number of nitrogens with zero attached hydrogens (tertiary/aromatic N) is 2. The summed E-state index contributed by atoms with van der Waals surface area (Å²) in [6.45, 7) is 2.12. The molecule has 0 aliphatic heterocycles. The fourth-order valence-electron chi connectivity index (χ4n) is 1.42. The first-order valence-electron chi connectivity index (χ1n) is 5.76. The van der Waals surface area contributed by atoms with Gasteiger partial charge in [-0.2, -0.15) is 0 Å². The molecule has 0 aromatic carbocycles. The van der Waals surface area contributed by atoms with Crippen LogP contribution in [0.25, 0.3) is 0 Å². The SMILES string of the molecule is CN(CCOCC1CC1)c1nc(Cl)c(C(=O)O)s1. The molecule has 0 saturated heterocycles. The lowest BCUT2D eigenvalue weighted by molar-refractivity contribution is 0.0702. The van der Waals surface area contributed by atoms with Gasteiger partial charge in [-0.05, 0) is 18.8 Å². The van der Waals surface area contributed by atoms with Crippen LogP contribution in [0.1, 0.15) is 22.5 Å². The molecule has 18 heavy (non-hydrogen) atoms. The summed E-state index contributed by atoms with van der Waals surface area (Å²) in [6.07, 6.45) is 2.56. The van der Waals surface area contributed by atoms with Gasteiger partial charge in [0.1, 0.15) is 0 Å². The fourth-order valence-corrected chi connectivity index (χ4v) is 2.53. The Morgan fingerprint density at radius 1 is 1.67 bits per heavy atom. The number of hydrogen-bond donors (Lipinski definition) is 1. The van der Waals surface area contributed by atoms with Crippen LogP contribution >= 0.6 is 22.9 Å². The van der Waals surface area contributed by atoms with Gasteiger partial charge >= 0.3 is 5.97 Å². The summed E-state index contributed by atoms with van der Waals surface area (Å²) in [7, 11) is 1.85. The zero-order valence-corrected chi connectivity index (χ0v) is 11.6. The van der Waals surface area contributed by atoms with Gasteiger partial charge < -0.3 is 14.7 Å². The lowest BCUT2D eigenvalue weighted by atomic mass is 10.5. The Kier molecular flexibility index (Phi) is 4.42. The van der Waals surface area contributed by atoms with Gasteiger partial charge in [0.05, 0.1) is 6.61 Å². The number of carbonyl (C=O) groups is 1. The largest absolute Gasteiger partial charge is 0.477 e. The third-order valence-electron chi connectivity index (χ3n) is 2.72. The van der Waals surface area contributed by atoms with Crippen LogP contribution in [0.15, 0.2) is 0 Å². The van der Waals surface area contributed by atoms with Gasteiger partial charge in [-0.25, -0.2) is 9.78 Å². The Morgan fingerprint density at radius 3 is 2.94 bits per heavy atom. The third-order valence-corrected chi connectivity index (χ3v) is 4.26. The van der Waals surface area contributed by atoms with Crippen molar-refractivity contribution in [3.63, 3.8) is 0 Å². The Hall–Kier alpha value is -0.850. The summed E-state index contributed by atoms with van der Waals surface area (Å²) in [4.78, 5) is 16.8. The summed E-state index contributed by atoms with van der Waals surface area (Å²) < 4.78 is 5.52. The Balaban J connectivity index is 1.81. The van der Waals surface area contributed by atoms with E-state index in [1.807, 2.05) is 11.9 Å². The highest BCUT2D eigenvalue weighted by atomic mass is 35.5. The average molecular weight is 291 g/mol. The van der Waals surface area contributed by atoms with Crippen LogP contribution in [0.5, 0.6) is 0 Å². The van der Waals surface area contributed by atoms with Crippen molar-refractivity contribution < 1.29 is 14.6 Å². The number of anilines is 1. The molecule has 0 bridgehead atoms. The number of hydrogen-bond acceptors (Lipinski definition) is 5. The van der Waals surface area contributed by atoms with Crippen molar-refractivity contribution in [1.82, 2.24) is 4.98 Å². The second-order valence-electron chi connectivity index (χ2n) is 4.36. The minimum atomic E-state index is -1.04. The number of carboxylic acids is 1. The minimum Gasteiger partial charge on any atom is -0.477 e. The number of thiazole rings is 1. The van der Waals surface area contributed by atoms with Crippen LogP contribution in [0, 0.1) is 5.92 Å². The molecule has 1 aromatic rings. The van der Waals surface area contributed by atoms with Crippen molar-refractivity contribution in [3.05, 3.63) is 10.0 Å². The van der Waals surface area contributed by atoms with Crippen LogP contribution in [-0.4, -0.2) is 42.9 Å². The normalized spacial score (nSPS) is 14.8. The van der Waals surface area contributed by atoms with Crippen molar-refractivity contribution in [3.8, 4) is 0 Å². The predicted molar refractivity (Wildman–Crippen MR) is 70.9 cm³/mol. The standard InChI is InChI=1S/C11H15ClN2O3S/c1-14(4-5-17-6-7-2-3-7)11-13-9(12)8(18-11)10(15)16/h7H,2-6H2,1H3,(H,15,16). The number of aromatic carboxylic acids is 1. The summed E-state index contributed by atoms with van der Waals surface area (Å²) >= 11 is 6.84.